The quantitative estimate of drug-likeness (QED) is 0.536. The number of nitrogens with zero attached hydrogens (tertiary/aromatic N) is 1. The predicted molar refractivity (Wildman–Crippen MR) is 112 cm³/mol. The molecule has 0 aromatic heterocycles. The molecule has 0 aliphatic carbocycles. The van der Waals surface area contributed by atoms with Gasteiger partial charge in [0.05, 0.1) is 11.1 Å². The molecule has 28 heavy (non-hydrogen) atoms. The van der Waals surface area contributed by atoms with E-state index in [0.717, 1.165) is 11.1 Å². The Labute approximate surface area is 175 Å². The highest BCUT2D eigenvalue weighted by Crippen LogP contribution is 2.31. The van der Waals surface area contributed by atoms with Crippen LogP contribution in [0.3, 0.4) is 0 Å². The van der Waals surface area contributed by atoms with Gasteiger partial charge in [0.15, 0.2) is 0 Å². The van der Waals surface area contributed by atoms with Crippen molar-refractivity contribution in [3.63, 3.8) is 0 Å². The molecule has 0 saturated carbocycles. The molecule has 0 spiro atoms. The molecule has 1 atom stereocenters. The molecule has 0 N–H and O–H groups in total. The normalized spacial score (nSPS) is 16.3. The monoisotopic (exact) mass is 419 g/mol. The lowest BCUT2D eigenvalue weighted by Gasteiger charge is -2.29. The average Bonchev–Trinajstić information content (AvgIpc) is 3.10. The molecule has 148 valence electrons. The minimum absolute atomic E-state index is 0.158. The highest BCUT2D eigenvalue weighted by Gasteiger charge is 2.30. The van der Waals surface area contributed by atoms with E-state index in [1.165, 1.54) is 0 Å². The molecule has 1 unspecified atom stereocenters. The largest absolute Gasteiger partial charge is 0.487 e. The molecule has 0 bridgehead atoms. The number of amides is 1. The summed E-state index contributed by atoms with van der Waals surface area (Å²) in [6.07, 6.45) is 3.67. The van der Waals surface area contributed by atoms with Crippen LogP contribution in [-0.2, 0) is 11.3 Å². The maximum absolute atomic E-state index is 12.5. The van der Waals surface area contributed by atoms with Gasteiger partial charge in [0.25, 0.3) is 0 Å². The van der Waals surface area contributed by atoms with Crippen LogP contribution in [0.1, 0.15) is 37.9 Å². The van der Waals surface area contributed by atoms with Crippen molar-refractivity contribution in [3.8, 4) is 5.75 Å². The summed E-state index contributed by atoms with van der Waals surface area (Å²) in [5.74, 6) is 0.576. The minimum atomic E-state index is -0.530. The molecule has 2 aromatic rings. The first-order chi connectivity index (χ1) is 13.2. The fraction of sp³-hybridized carbons (Fsp3) is 0.318. The zero-order chi connectivity index (χ0) is 20.3. The average molecular weight is 420 g/mol. The van der Waals surface area contributed by atoms with Crippen LogP contribution in [0.15, 0.2) is 54.6 Å². The molecule has 0 radical (unpaired) electrons. The van der Waals surface area contributed by atoms with E-state index in [0.29, 0.717) is 28.9 Å². The molecule has 0 fully saturated rings. The summed E-state index contributed by atoms with van der Waals surface area (Å²) in [5, 5.41) is 1.04. The third-order valence-corrected chi connectivity index (χ3v) is 4.70. The topological polar surface area (TPSA) is 38.8 Å². The van der Waals surface area contributed by atoms with Gasteiger partial charge in [-0.1, -0.05) is 53.6 Å². The van der Waals surface area contributed by atoms with E-state index in [-0.39, 0.29) is 12.1 Å². The van der Waals surface area contributed by atoms with Crippen LogP contribution >= 0.6 is 23.2 Å². The highest BCUT2D eigenvalue weighted by molar-refractivity contribution is 6.35. The molecule has 1 aliphatic rings. The molecule has 1 amide bonds. The Morgan fingerprint density at radius 1 is 1.18 bits per heavy atom. The summed E-state index contributed by atoms with van der Waals surface area (Å²) in [6.45, 7) is 6.48. The lowest BCUT2D eigenvalue weighted by atomic mass is 10.0. The number of rotatable bonds is 4. The van der Waals surface area contributed by atoms with Gasteiger partial charge in [-0.05, 0) is 56.2 Å². The van der Waals surface area contributed by atoms with E-state index in [9.17, 15) is 4.79 Å². The van der Waals surface area contributed by atoms with Crippen LogP contribution in [0.2, 0.25) is 10.0 Å². The van der Waals surface area contributed by atoms with Gasteiger partial charge in [0.2, 0.25) is 0 Å². The standard InChI is InChI=1S/C22H23Cl2NO3/c1-22(2,3)28-21(26)25-11-5-8-19(25)16-7-4-6-15(12-16)14-27-20-10-9-17(23)13-18(20)24/h4-10,12-13,19H,11,14H2,1-3H3. The molecule has 6 heteroatoms. The molecular formula is C22H23Cl2NO3. The third-order valence-electron chi connectivity index (χ3n) is 4.17. The first-order valence-corrected chi connectivity index (χ1v) is 9.81. The second-order valence-corrected chi connectivity index (χ2v) is 8.46. The summed E-state index contributed by atoms with van der Waals surface area (Å²) >= 11 is 12.1. The van der Waals surface area contributed by atoms with Crippen LogP contribution in [0.25, 0.3) is 0 Å². The Morgan fingerprint density at radius 3 is 2.68 bits per heavy atom. The summed E-state index contributed by atoms with van der Waals surface area (Å²) in [7, 11) is 0. The van der Waals surface area contributed by atoms with Crippen molar-refractivity contribution in [2.24, 2.45) is 0 Å². The molecule has 1 heterocycles. The Hall–Kier alpha value is -2.17. The van der Waals surface area contributed by atoms with E-state index < -0.39 is 5.60 Å². The van der Waals surface area contributed by atoms with Crippen LogP contribution in [0.4, 0.5) is 4.79 Å². The summed E-state index contributed by atoms with van der Waals surface area (Å²) in [4.78, 5) is 14.2. The molecule has 0 saturated heterocycles. The summed E-state index contributed by atoms with van der Waals surface area (Å²) in [6, 6.07) is 12.9. The van der Waals surface area contributed by atoms with Crippen molar-refractivity contribution >= 4 is 29.3 Å². The minimum Gasteiger partial charge on any atom is -0.487 e. The van der Waals surface area contributed by atoms with Crippen molar-refractivity contribution in [3.05, 3.63) is 75.8 Å². The van der Waals surface area contributed by atoms with Gasteiger partial charge >= 0.3 is 6.09 Å². The second kappa shape index (κ2) is 8.46. The van der Waals surface area contributed by atoms with Gasteiger partial charge in [0.1, 0.15) is 18.0 Å². The van der Waals surface area contributed by atoms with Gasteiger partial charge < -0.3 is 9.47 Å². The first kappa shape index (κ1) is 20.6. The lowest BCUT2D eigenvalue weighted by molar-refractivity contribution is 0.0240. The van der Waals surface area contributed by atoms with Gasteiger partial charge in [-0.15, -0.1) is 0 Å². The van der Waals surface area contributed by atoms with E-state index in [1.807, 2.05) is 57.2 Å². The molecule has 1 aliphatic heterocycles. The van der Waals surface area contributed by atoms with Crippen molar-refractivity contribution in [1.82, 2.24) is 4.90 Å². The van der Waals surface area contributed by atoms with E-state index >= 15 is 0 Å². The fourth-order valence-electron chi connectivity index (χ4n) is 2.94. The third kappa shape index (κ3) is 5.21. The fourth-order valence-corrected chi connectivity index (χ4v) is 3.40. The molecular weight excluding hydrogens is 397 g/mol. The number of halogens is 2. The predicted octanol–water partition coefficient (Wildman–Crippen LogP) is 6.42. The number of hydrogen-bond donors (Lipinski definition) is 0. The molecule has 4 nitrogen and oxygen atoms in total. The van der Waals surface area contributed by atoms with Gasteiger partial charge in [-0.3, -0.25) is 4.90 Å². The Bertz CT molecular complexity index is 890. The van der Waals surface area contributed by atoms with Crippen LogP contribution in [0, 0.1) is 0 Å². The maximum atomic E-state index is 12.5. The van der Waals surface area contributed by atoms with Crippen LogP contribution < -0.4 is 4.74 Å². The van der Waals surface area contributed by atoms with Crippen molar-refractivity contribution in [2.45, 2.75) is 39.0 Å². The van der Waals surface area contributed by atoms with Gasteiger partial charge in [0, 0.05) is 11.6 Å². The lowest BCUT2D eigenvalue weighted by Crippen LogP contribution is -2.36. The smallest absolute Gasteiger partial charge is 0.411 e. The van der Waals surface area contributed by atoms with Gasteiger partial charge in [-0.25, -0.2) is 4.79 Å². The van der Waals surface area contributed by atoms with E-state index in [1.54, 1.807) is 23.1 Å². The van der Waals surface area contributed by atoms with E-state index in [2.05, 4.69) is 0 Å². The number of benzene rings is 2. The zero-order valence-corrected chi connectivity index (χ0v) is 17.6. The highest BCUT2D eigenvalue weighted by atomic mass is 35.5. The Morgan fingerprint density at radius 2 is 1.96 bits per heavy atom. The maximum Gasteiger partial charge on any atom is 0.411 e. The first-order valence-electron chi connectivity index (χ1n) is 9.06. The number of hydrogen-bond acceptors (Lipinski definition) is 3. The molecule has 2 aromatic carbocycles. The van der Waals surface area contributed by atoms with E-state index in [4.69, 9.17) is 32.7 Å². The zero-order valence-electron chi connectivity index (χ0n) is 16.1. The van der Waals surface area contributed by atoms with Gasteiger partial charge in [-0.2, -0.15) is 0 Å². The number of ether oxygens (including phenoxy) is 2. The molecule has 3 rings (SSSR count). The summed E-state index contributed by atoms with van der Waals surface area (Å²) < 4.78 is 11.4. The van der Waals surface area contributed by atoms with Crippen molar-refractivity contribution in [1.29, 1.82) is 0 Å². The second-order valence-electron chi connectivity index (χ2n) is 7.61. The number of carbonyl (C=O) groups excluding carboxylic acids is 1. The Balaban J connectivity index is 1.71. The van der Waals surface area contributed by atoms with Crippen molar-refractivity contribution < 1.29 is 14.3 Å². The van der Waals surface area contributed by atoms with Crippen molar-refractivity contribution in [2.75, 3.05) is 6.54 Å². The SMILES string of the molecule is CC(C)(C)OC(=O)N1CC=CC1c1cccc(COc2ccc(Cl)cc2Cl)c1. The van der Waals surface area contributed by atoms with Crippen LogP contribution in [0.5, 0.6) is 5.75 Å². The Kier molecular flexibility index (Phi) is 6.21. The van der Waals surface area contributed by atoms with Crippen LogP contribution in [-0.4, -0.2) is 23.1 Å². The number of carbonyl (C=O) groups is 1. The summed E-state index contributed by atoms with van der Waals surface area (Å²) in [5.41, 5.74) is 1.45.